The van der Waals surface area contributed by atoms with Crippen molar-refractivity contribution in [3.05, 3.63) is 0 Å². The summed E-state index contributed by atoms with van der Waals surface area (Å²) in [6, 6.07) is 0. The minimum atomic E-state index is -0.0657. The van der Waals surface area contributed by atoms with Crippen LogP contribution < -0.4 is 5.73 Å². The predicted octanol–water partition coefficient (Wildman–Crippen LogP) is 2.32. The highest BCUT2D eigenvalue weighted by Gasteiger charge is 2.28. The molecule has 2 N–H and O–H groups in total. The number of rotatable bonds is 5. The van der Waals surface area contributed by atoms with Crippen molar-refractivity contribution in [2.24, 2.45) is 11.7 Å². The lowest BCUT2D eigenvalue weighted by Crippen LogP contribution is -2.39. The molecule has 0 radical (unpaired) electrons. The second kappa shape index (κ2) is 4.97. The molecule has 0 aromatic heterocycles. The first-order valence-electron chi connectivity index (χ1n) is 5.54. The Balaban J connectivity index is 2.36. The van der Waals surface area contributed by atoms with Gasteiger partial charge in [-0.1, -0.05) is 25.7 Å². The molecule has 0 bridgehead atoms. The van der Waals surface area contributed by atoms with Gasteiger partial charge in [0, 0.05) is 13.2 Å². The van der Waals surface area contributed by atoms with Crippen molar-refractivity contribution in [2.45, 2.75) is 51.6 Å². The van der Waals surface area contributed by atoms with Crippen molar-refractivity contribution >= 4 is 0 Å². The van der Waals surface area contributed by atoms with Gasteiger partial charge in [0.1, 0.15) is 0 Å². The van der Waals surface area contributed by atoms with E-state index in [1.165, 1.54) is 25.7 Å². The molecular formula is C11H23NO. The molecule has 1 aliphatic carbocycles. The molecule has 0 aromatic rings. The standard InChI is InChI=1S/C11H23NO/c1-3-13-11(2,9-12)8-10-6-4-5-7-10/h10H,3-9,12H2,1-2H3. The highest BCUT2D eigenvalue weighted by atomic mass is 16.5. The Kier molecular flexibility index (Phi) is 4.20. The average molecular weight is 185 g/mol. The van der Waals surface area contributed by atoms with Crippen molar-refractivity contribution < 1.29 is 4.74 Å². The number of ether oxygens (including phenoxy) is 1. The SMILES string of the molecule is CCOC(C)(CN)CC1CCCC1. The van der Waals surface area contributed by atoms with Gasteiger partial charge in [-0.25, -0.2) is 0 Å². The molecule has 1 aliphatic rings. The minimum absolute atomic E-state index is 0.0657. The van der Waals surface area contributed by atoms with Crippen LogP contribution in [-0.2, 0) is 4.74 Å². The van der Waals surface area contributed by atoms with Gasteiger partial charge < -0.3 is 10.5 Å². The maximum absolute atomic E-state index is 5.75. The van der Waals surface area contributed by atoms with Gasteiger partial charge in [0.05, 0.1) is 5.60 Å². The van der Waals surface area contributed by atoms with Crippen molar-refractivity contribution in [1.29, 1.82) is 0 Å². The van der Waals surface area contributed by atoms with E-state index in [1.807, 2.05) is 6.92 Å². The molecule has 2 heteroatoms. The zero-order chi connectivity index (χ0) is 9.73. The van der Waals surface area contributed by atoms with E-state index in [9.17, 15) is 0 Å². The van der Waals surface area contributed by atoms with E-state index in [2.05, 4.69) is 6.92 Å². The Morgan fingerprint density at radius 3 is 2.46 bits per heavy atom. The smallest absolute Gasteiger partial charge is 0.0778 e. The number of hydrogen-bond donors (Lipinski definition) is 1. The molecule has 2 nitrogen and oxygen atoms in total. The summed E-state index contributed by atoms with van der Waals surface area (Å²) in [5.74, 6) is 0.861. The van der Waals surface area contributed by atoms with Crippen LogP contribution in [0.15, 0.2) is 0 Å². The third kappa shape index (κ3) is 3.28. The first-order valence-corrected chi connectivity index (χ1v) is 5.54. The van der Waals surface area contributed by atoms with Crippen LogP contribution in [0, 0.1) is 5.92 Å². The molecule has 0 spiro atoms. The molecule has 1 fully saturated rings. The van der Waals surface area contributed by atoms with Crippen molar-refractivity contribution in [3.63, 3.8) is 0 Å². The summed E-state index contributed by atoms with van der Waals surface area (Å²) in [5, 5.41) is 0. The molecule has 1 atom stereocenters. The van der Waals surface area contributed by atoms with Crippen molar-refractivity contribution in [2.75, 3.05) is 13.2 Å². The van der Waals surface area contributed by atoms with E-state index in [0.29, 0.717) is 6.54 Å². The Labute approximate surface area is 81.8 Å². The summed E-state index contributed by atoms with van der Waals surface area (Å²) in [5.41, 5.74) is 5.68. The summed E-state index contributed by atoms with van der Waals surface area (Å²) < 4.78 is 5.72. The van der Waals surface area contributed by atoms with Crippen LogP contribution in [0.4, 0.5) is 0 Å². The molecule has 0 amide bonds. The Morgan fingerprint density at radius 1 is 1.38 bits per heavy atom. The minimum Gasteiger partial charge on any atom is -0.374 e. The maximum Gasteiger partial charge on any atom is 0.0778 e. The lowest BCUT2D eigenvalue weighted by Gasteiger charge is -2.30. The quantitative estimate of drug-likeness (QED) is 0.713. The molecule has 78 valence electrons. The number of nitrogens with two attached hydrogens (primary N) is 1. The van der Waals surface area contributed by atoms with Crippen molar-refractivity contribution in [1.82, 2.24) is 0 Å². The van der Waals surface area contributed by atoms with Gasteiger partial charge in [-0.3, -0.25) is 0 Å². The summed E-state index contributed by atoms with van der Waals surface area (Å²) >= 11 is 0. The van der Waals surface area contributed by atoms with Crippen LogP contribution in [-0.4, -0.2) is 18.8 Å². The Hall–Kier alpha value is -0.0800. The van der Waals surface area contributed by atoms with Gasteiger partial charge in [-0.2, -0.15) is 0 Å². The zero-order valence-electron chi connectivity index (χ0n) is 9.01. The summed E-state index contributed by atoms with van der Waals surface area (Å²) in [6.07, 6.45) is 6.71. The van der Waals surface area contributed by atoms with E-state index in [1.54, 1.807) is 0 Å². The van der Waals surface area contributed by atoms with Crippen LogP contribution in [0.5, 0.6) is 0 Å². The van der Waals surface area contributed by atoms with Crippen LogP contribution in [0.2, 0.25) is 0 Å². The second-order valence-corrected chi connectivity index (χ2v) is 4.44. The van der Waals surface area contributed by atoms with Crippen LogP contribution in [0.25, 0.3) is 0 Å². The van der Waals surface area contributed by atoms with Crippen LogP contribution in [0.1, 0.15) is 46.0 Å². The van der Waals surface area contributed by atoms with Crippen molar-refractivity contribution in [3.8, 4) is 0 Å². The second-order valence-electron chi connectivity index (χ2n) is 4.44. The van der Waals surface area contributed by atoms with E-state index in [0.717, 1.165) is 18.9 Å². The van der Waals surface area contributed by atoms with Gasteiger partial charge in [0.25, 0.3) is 0 Å². The molecule has 0 heterocycles. The summed E-state index contributed by atoms with van der Waals surface area (Å²) in [6.45, 7) is 5.62. The molecule has 0 aromatic carbocycles. The van der Waals surface area contributed by atoms with E-state index >= 15 is 0 Å². The first kappa shape index (κ1) is 11.0. The molecule has 1 saturated carbocycles. The Bertz CT molecular complexity index is 143. The fourth-order valence-corrected chi connectivity index (χ4v) is 2.37. The van der Waals surface area contributed by atoms with Gasteiger partial charge >= 0.3 is 0 Å². The van der Waals surface area contributed by atoms with Crippen LogP contribution >= 0.6 is 0 Å². The lowest BCUT2D eigenvalue weighted by atomic mass is 9.90. The molecule has 0 saturated heterocycles. The molecule has 1 unspecified atom stereocenters. The highest BCUT2D eigenvalue weighted by molar-refractivity contribution is 4.82. The monoisotopic (exact) mass is 185 g/mol. The fraction of sp³-hybridized carbons (Fsp3) is 1.00. The third-order valence-electron chi connectivity index (χ3n) is 3.12. The fourth-order valence-electron chi connectivity index (χ4n) is 2.37. The summed E-state index contributed by atoms with van der Waals surface area (Å²) in [4.78, 5) is 0. The first-order chi connectivity index (χ1) is 6.20. The summed E-state index contributed by atoms with van der Waals surface area (Å²) in [7, 11) is 0. The zero-order valence-corrected chi connectivity index (χ0v) is 9.01. The molecular weight excluding hydrogens is 162 g/mol. The van der Waals surface area contributed by atoms with Crippen LogP contribution in [0.3, 0.4) is 0 Å². The van der Waals surface area contributed by atoms with E-state index in [4.69, 9.17) is 10.5 Å². The van der Waals surface area contributed by atoms with Gasteiger partial charge in [-0.05, 0) is 26.2 Å². The molecule has 0 aliphatic heterocycles. The normalized spacial score (nSPS) is 23.3. The largest absolute Gasteiger partial charge is 0.374 e. The molecule has 1 rings (SSSR count). The predicted molar refractivity (Wildman–Crippen MR) is 55.7 cm³/mol. The van der Waals surface area contributed by atoms with E-state index < -0.39 is 0 Å². The lowest BCUT2D eigenvalue weighted by molar-refractivity contribution is -0.0342. The Morgan fingerprint density at radius 2 is 2.00 bits per heavy atom. The van der Waals surface area contributed by atoms with Gasteiger partial charge in [0.15, 0.2) is 0 Å². The topological polar surface area (TPSA) is 35.2 Å². The van der Waals surface area contributed by atoms with Gasteiger partial charge in [0.2, 0.25) is 0 Å². The average Bonchev–Trinajstić information content (AvgIpc) is 2.57. The highest BCUT2D eigenvalue weighted by Crippen LogP contribution is 2.32. The maximum atomic E-state index is 5.75. The third-order valence-corrected chi connectivity index (χ3v) is 3.12. The molecule has 13 heavy (non-hydrogen) atoms. The van der Waals surface area contributed by atoms with Gasteiger partial charge in [-0.15, -0.1) is 0 Å². The van der Waals surface area contributed by atoms with E-state index in [-0.39, 0.29) is 5.60 Å². The number of hydrogen-bond acceptors (Lipinski definition) is 2.